The fraction of sp³-hybridized carbons (Fsp3) is 0.105. The van der Waals surface area contributed by atoms with E-state index in [0.29, 0.717) is 20.9 Å². The SMILES string of the molecule is COC(=O)Cc1sc(NC(=O)c2ccccc2Br)nc1-c1ccccc1. The van der Waals surface area contributed by atoms with Gasteiger partial charge >= 0.3 is 5.97 Å². The number of carbonyl (C=O) groups is 2. The number of esters is 1. The minimum absolute atomic E-state index is 0.100. The largest absolute Gasteiger partial charge is 0.469 e. The van der Waals surface area contributed by atoms with Crippen LogP contribution < -0.4 is 5.32 Å². The number of methoxy groups -OCH3 is 1. The maximum Gasteiger partial charge on any atom is 0.310 e. The second-order valence-corrected chi connectivity index (χ2v) is 7.28. The maximum atomic E-state index is 12.5. The van der Waals surface area contributed by atoms with Gasteiger partial charge in [0.2, 0.25) is 0 Å². The van der Waals surface area contributed by atoms with Crippen LogP contribution >= 0.6 is 27.3 Å². The second kappa shape index (κ2) is 8.25. The highest BCUT2D eigenvalue weighted by Gasteiger charge is 2.18. The molecule has 2 aromatic carbocycles. The van der Waals surface area contributed by atoms with Gasteiger partial charge in [-0.3, -0.25) is 14.9 Å². The zero-order valence-electron chi connectivity index (χ0n) is 13.9. The fourth-order valence-electron chi connectivity index (χ4n) is 2.36. The van der Waals surface area contributed by atoms with Crippen LogP contribution in [0.15, 0.2) is 59.1 Å². The monoisotopic (exact) mass is 430 g/mol. The number of nitrogens with one attached hydrogen (secondary N) is 1. The third-order valence-electron chi connectivity index (χ3n) is 3.62. The van der Waals surface area contributed by atoms with Gasteiger partial charge in [-0.25, -0.2) is 4.98 Å². The molecule has 1 heterocycles. The second-order valence-electron chi connectivity index (χ2n) is 5.34. The Morgan fingerprint density at radius 2 is 1.81 bits per heavy atom. The first-order chi connectivity index (χ1) is 12.6. The standard InChI is InChI=1S/C19H15BrN2O3S/c1-25-16(23)11-15-17(12-7-3-2-4-8-12)21-19(26-15)22-18(24)13-9-5-6-10-14(13)20/h2-10H,11H2,1H3,(H,21,22,24). The molecule has 3 rings (SSSR count). The Bertz CT molecular complexity index is 941. The summed E-state index contributed by atoms with van der Waals surface area (Å²) in [5, 5.41) is 3.24. The number of hydrogen-bond donors (Lipinski definition) is 1. The summed E-state index contributed by atoms with van der Waals surface area (Å²) in [6.07, 6.45) is 0.100. The first-order valence-electron chi connectivity index (χ1n) is 7.76. The average molecular weight is 431 g/mol. The molecule has 5 nitrogen and oxygen atoms in total. The molecular formula is C19H15BrN2O3S. The number of hydrogen-bond acceptors (Lipinski definition) is 5. The van der Waals surface area contributed by atoms with Crippen LogP contribution in [-0.4, -0.2) is 24.0 Å². The predicted molar refractivity (Wildman–Crippen MR) is 105 cm³/mol. The van der Waals surface area contributed by atoms with Gasteiger partial charge in [0, 0.05) is 14.9 Å². The van der Waals surface area contributed by atoms with Crippen molar-refractivity contribution in [1.82, 2.24) is 4.98 Å². The Hall–Kier alpha value is -2.51. The van der Waals surface area contributed by atoms with Crippen molar-refractivity contribution in [1.29, 1.82) is 0 Å². The number of anilines is 1. The van der Waals surface area contributed by atoms with Crippen LogP contribution in [0.3, 0.4) is 0 Å². The Balaban J connectivity index is 1.92. The molecule has 0 aliphatic carbocycles. The minimum Gasteiger partial charge on any atom is -0.469 e. The average Bonchev–Trinajstić information content (AvgIpc) is 3.04. The number of nitrogens with zero attached hydrogens (tertiary/aromatic N) is 1. The van der Waals surface area contributed by atoms with Gasteiger partial charge in [-0.2, -0.15) is 0 Å². The van der Waals surface area contributed by atoms with E-state index in [0.717, 1.165) is 10.4 Å². The summed E-state index contributed by atoms with van der Waals surface area (Å²) in [6, 6.07) is 16.7. The molecule has 1 N–H and O–H groups in total. The molecule has 26 heavy (non-hydrogen) atoms. The van der Waals surface area contributed by atoms with Gasteiger partial charge in [0.05, 0.1) is 24.8 Å². The van der Waals surface area contributed by atoms with Crippen LogP contribution in [0.25, 0.3) is 11.3 Å². The molecule has 7 heteroatoms. The maximum absolute atomic E-state index is 12.5. The first-order valence-corrected chi connectivity index (χ1v) is 9.37. The molecule has 0 bridgehead atoms. The van der Waals surface area contributed by atoms with Gasteiger partial charge in [-0.15, -0.1) is 11.3 Å². The van der Waals surface area contributed by atoms with E-state index >= 15 is 0 Å². The highest BCUT2D eigenvalue weighted by Crippen LogP contribution is 2.32. The molecule has 0 fully saturated rings. The molecule has 0 aliphatic heterocycles. The smallest absolute Gasteiger partial charge is 0.310 e. The van der Waals surface area contributed by atoms with Gasteiger partial charge in [-0.1, -0.05) is 42.5 Å². The van der Waals surface area contributed by atoms with Crippen LogP contribution in [-0.2, 0) is 16.0 Å². The van der Waals surface area contributed by atoms with Gasteiger partial charge in [0.1, 0.15) is 0 Å². The quantitative estimate of drug-likeness (QED) is 0.603. The summed E-state index contributed by atoms with van der Waals surface area (Å²) in [6.45, 7) is 0. The summed E-state index contributed by atoms with van der Waals surface area (Å²) >= 11 is 4.64. The van der Waals surface area contributed by atoms with Crippen molar-refractivity contribution >= 4 is 44.3 Å². The Kier molecular flexibility index (Phi) is 5.80. The van der Waals surface area contributed by atoms with E-state index in [9.17, 15) is 9.59 Å². The van der Waals surface area contributed by atoms with Crippen LogP contribution in [0.1, 0.15) is 15.2 Å². The minimum atomic E-state index is -0.352. The van der Waals surface area contributed by atoms with Crippen LogP contribution in [0, 0.1) is 0 Å². The zero-order chi connectivity index (χ0) is 18.5. The van der Waals surface area contributed by atoms with E-state index in [4.69, 9.17) is 4.74 Å². The summed E-state index contributed by atoms with van der Waals surface area (Å²) in [5.41, 5.74) is 2.06. The molecule has 0 saturated heterocycles. The van der Waals surface area contributed by atoms with Crippen molar-refractivity contribution in [3.8, 4) is 11.3 Å². The number of ether oxygens (including phenoxy) is 1. The van der Waals surface area contributed by atoms with E-state index in [1.54, 1.807) is 18.2 Å². The third kappa shape index (κ3) is 4.17. The lowest BCUT2D eigenvalue weighted by molar-refractivity contribution is -0.139. The summed E-state index contributed by atoms with van der Waals surface area (Å²) < 4.78 is 5.47. The normalized spacial score (nSPS) is 10.4. The molecule has 0 aliphatic rings. The van der Waals surface area contributed by atoms with Gasteiger partial charge in [-0.05, 0) is 28.1 Å². The Morgan fingerprint density at radius 1 is 1.12 bits per heavy atom. The van der Waals surface area contributed by atoms with E-state index in [1.807, 2.05) is 36.4 Å². The first kappa shape index (κ1) is 18.3. The number of amides is 1. The van der Waals surface area contributed by atoms with Crippen molar-refractivity contribution in [3.05, 3.63) is 69.5 Å². The molecule has 0 saturated carbocycles. The lowest BCUT2D eigenvalue weighted by Gasteiger charge is -2.03. The molecule has 0 spiro atoms. The molecule has 0 unspecified atom stereocenters. The van der Waals surface area contributed by atoms with Crippen molar-refractivity contribution < 1.29 is 14.3 Å². The van der Waals surface area contributed by atoms with Crippen molar-refractivity contribution in [2.24, 2.45) is 0 Å². The van der Waals surface area contributed by atoms with E-state index in [2.05, 4.69) is 26.2 Å². The van der Waals surface area contributed by atoms with Gasteiger partial charge in [0.15, 0.2) is 5.13 Å². The highest BCUT2D eigenvalue weighted by atomic mass is 79.9. The predicted octanol–water partition coefficient (Wildman–Crippen LogP) is 4.54. The van der Waals surface area contributed by atoms with Crippen molar-refractivity contribution in [3.63, 3.8) is 0 Å². The molecular weight excluding hydrogens is 416 g/mol. The molecule has 132 valence electrons. The van der Waals surface area contributed by atoms with Gasteiger partial charge < -0.3 is 4.74 Å². The number of rotatable bonds is 5. The van der Waals surface area contributed by atoms with E-state index < -0.39 is 0 Å². The molecule has 3 aromatic rings. The van der Waals surface area contributed by atoms with Crippen LogP contribution in [0.2, 0.25) is 0 Å². The van der Waals surface area contributed by atoms with Gasteiger partial charge in [0.25, 0.3) is 5.91 Å². The molecule has 1 amide bonds. The van der Waals surface area contributed by atoms with Crippen molar-refractivity contribution in [2.45, 2.75) is 6.42 Å². The Morgan fingerprint density at radius 3 is 2.50 bits per heavy atom. The van der Waals surface area contributed by atoms with Crippen molar-refractivity contribution in [2.75, 3.05) is 12.4 Å². The summed E-state index contributed by atoms with van der Waals surface area (Å²) in [4.78, 5) is 29.5. The lowest BCUT2D eigenvalue weighted by Crippen LogP contribution is -2.12. The zero-order valence-corrected chi connectivity index (χ0v) is 16.3. The number of carbonyl (C=O) groups excluding carboxylic acids is 2. The highest BCUT2D eigenvalue weighted by molar-refractivity contribution is 9.10. The van der Waals surface area contributed by atoms with E-state index in [-0.39, 0.29) is 18.3 Å². The number of aromatic nitrogens is 1. The number of thiazole rings is 1. The summed E-state index contributed by atoms with van der Waals surface area (Å²) in [5.74, 6) is -0.620. The van der Waals surface area contributed by atoms with E-state index in [1.165, 1.54) is 18.4 Å². The third-order valence-corrected chi connectivity index (χ3v) is 5.28. The Labute approximate surface area is 163 Å². The topological polar surface area (TPSA) is 68.3 Å². The molecule has 0 radical (unpaired) electrons. The molecule has 0 atom stereocenters. The van der Waals surface area contributed by atoms with Crippen LogP contribution in [0.5, 0.6) is 0 Å². The number of halogens is 1. The fourth-order valence-corrected chi connectivity index (χ4v) is 3.79. The van der Waals surface area contributed by atoms with Crippen LogP contribution in [0.4, 0.5) is 5.13 Å². The lowest BCUT2D eigenvalue weighted by atomic mass is 10.1. The molecule has 1 aromatic heterocycles. The number of benzene rings is 2. The summed E-state index contributed by atoms with van der Waals surface area (Å²) in [7, 11) is 1.35.